The summed E-state index contributed by atoms with van der Waals surface area (Å²) >= 11 is 0. The molecule has 0 saturated heterocycles. The first kappa shape index (κ1) is 16.4. The van der Waals surface area contributed by atoms with Gasteiger partial charge in [0.15, 0.2) is 11.6 Å². The first-order chi connectivity index (χ1) is 9.20. The SMILES string of the molecule is COc1ccc(S(=O)(=O)N(C)CC(C)C(=O)O)cc1F. The molecule has 0 radical (unpaired) electrons. The van der Waals surface area contributed by atoms with Gasteiger partial charge >= 0.3 is 5.97 Å². The summed E-state index contributed by atoms with van der Waals surface area (Å²) in [6.45, 7) is 1.19. The van der Waals surface area contributed by atoms with Gasteiger partial charge in [0.1, 0.15) is 0 Å². The van der Waals surface area contributed by atoms with Gasteiger partial charge in [0.25, 0.3) is 0 Å². The van der Waals surface area contributed by atoms with Crippen LogP contribution in [0.2, 0.25) is 0 Å². The zero-order chi connectivity index (χ0) is 15.5. The summed E-state index contributed by atoms with van der Waals surface area (Å²) in [6.07, 6.45) is 0. The molecule has 6 nitrogen and oxygen atoms in total. The molecule has 0 saturated carbocycles. The predicted octanol–water partition coefficient (Wildman–Crippen LogP) is 1.18. The number of hydrogen-bond donors (Lipinski definition) is 1. The molecule has 1 unspecified atom stereocenters. The van der Waals surface area contributed by atoms with E-state index in [0.29, 0.717) is 0 Å². The molecule has 20 heavy (non-hydrogen) atoms. The zero-order valence-electron chi connectivity index (χ0n) is 11.3. The number of ether oxygens (including phenoxy) is 1. The number of carboxylic acid groups (broad SMARTS) is 1. The maximum atomic E-state index is 13.5. The topological polar surface area (TPSA) is 83.9 Å². The van der Waals surface area contributed by atoms with Crippen molar-refractivity contribution in [1.29, 1.82) is 0 Å². The third-order valence-corrected chi connectivity index (χ3v) is 4.60. The third kappa shape index (κ3) is 3.45. The molecule has 0 aliphatic heterocycles. The van der Waals surface area contributed by atoms with E-state index in [9.17, 15) is 17.6 Å². The lowest BCUT2D eigenvalue weighted by molar-refractivity contribution is -0.141. The van der Waals surface area contributed by atoms with E-state index in [-0.39, 0.29) is 17.2 Å². The quantitative estimate of drug-likeness (QED) is 0.853. The number of carboxylic acids is 1. The van der Waals surface area contributed by atoms with Crippen molar-refractivity contribution in [2.75, 3.05) is 20.7 Å². The molecular weight excluding hydrogens is 289 g/mol. The summed E-state index contributed by atoms with van der Waals surface area (Å²) in [5.41, 5.74) is 0. The fraction of sp³-hybridized carbons (Fsp3) is 0.417. The molecule has 1 aromatic carbocycles. The summed E-state index contributed by atoms with van der Waals surface area (Å²) in [4.78, 5) is 10.5. The Morgan fingerprint density at radius 3 is 2.55 bits per heavy atom. The second-order valence-electron chi connectivity index (χ2n) is 4.32. The monoisotopic (exact) mass is 305 g/mol. The van der Waals surface area contributed by atoms with Crippen LogP contribution in [-0.4, -0.2) is 44.5 Å². The number of rotatable bonds is 6. The molecule has 1 rings (SSSR count). The molecule has 1 aromatic rings. The van der Waals surface area contributed by atoms with E-state index in [4.69, 9.17) is 9.84 Å². The van der Waals surface area contributed by atoms with Crippen LogP contribution in [0, 0.1) is 11.7 Å². The van der Waals surface area contributed by atoms with E-state index >= 15 is 0 Å². The molecule has 0 bridgehead atoms. The van der Waals surface area contributed by atoms with Crippen molar-refractivity contribution in [2.45, 2.75) is 11.8 Å². The van der Waals surface area contributed by atoms with E-state index in [1.54, 1.807) is 0 Å². The molecule has 8 heteroatoms. The van der Waals surface area contributed by atoms with Gasteiger partial charge in [-0.25, -0.2) is 17.1 Å². The van der Waals surface area contributed by atoms with Gasteiger partial charge in [0.05, 0.1) is 17.9 Å². The lowest BCUT2D eigenvalue weighted by atomic mass is 10.2. The Morgan fingerprint density at radius 1 is 1.50 bits per heavy atom. The van der Waals surface area contributed by atoms with Gasteiger partial charge in [0.2, 0.25) is 10.0 Å². The minimum absolute atomic E-state index is 0.0643. The minimum atomic E-state index is -3.94. The number of hydrogen-bond acceptors (Lipinski definition) is 4. The number of benzene rings is 1. The van der Waals surface area contributed by atoms with Crippen LogP contribution in [0.4, 0.5) is 4.39 Å². The Hall–Kier alpha value is -1.67. The number of sulfonamides is 1. The van der Waals surface area contributed by atoms with Gasteiger partial charge < -0.3 is 9.84 Å². The number of aliphatic carboxylic acids is 1. The van der Waals surface area contributed by atoms with Crippen molar-refractivity contribution in [3.63, 3.8) is 0 Å². The zero-order valence-corrected chi connectivity index (χ0v) is 12.1. The third-order valence-electron chi connectivity index (χ3n) is 2.78. The van der Waals surface area contributed by atoms with Crippen LogP contribution in [0.25, 0.3) is 0 Å². The molecule has 0 heterocycles. The largest absolute Gasteiger partial charge is 0.494 e. The molecule has 0 aliphatic carbocycles. The summed E-state index contributed by atoms with van der Waals surface area (Å²) in [5, 5.41) is 8.78. The van der Waals surface area contributed by atoms with E-state index in [0.717, 1.165) is 10.4 Å². The number of methoxy groups -OCH3 is 1. The number of nitrogens with zero attached hydrogens (tertiary/aromatic N) is 1. The van der Waals surface area contributed by atoms with Crippen molar-refractivity contribution in [1.82, 2.24) is 4.31 Å². The van der Waals surface area contributed by atoms with E-state index in [1.165, 1.54) is 33.2 Å². The summed E-state index contributed by atoms with van der Waals surface area (Å²) < 4.78 is 43.5. The van der Waals surface area contributed by atoms with E-state index in [1.807, 2.05) is 0 Å². The van der Waals surface area contributed by atoms with Crippen molar-refractivity contribution < 1.29 is 27.4 Å². The molecule has 1 N–H and O–H groups in total. The van der Waals surface area contributed by atoms with Gasteiger partial charge in [-0.2, -0.15) is 0 Å². The second kappa shape index (κ2) is 6.19. The highest BCUT2D eigenvalue weighted by atomic mass is 32.2. The van der Waals surface area contributed by atoms with Crippen LogP contribution in [0.3, 0.4) is 0 Å². The smallest absolute Gasteiger partial charge is 0.307 e. The molecule has 1 atom stereocenters. The standard InChI is InChI=1S/C12H16FNO5S/c1-8(12(15)16)7-14(2)20(17,18)9-4-5-11(19-3)10(13)6-9/h4-6,8H,7H2,1-3H3,(H,15,16). The minimum Gasteiger partial charge on any atom is -0.494 e. The Morgan fingerprint density at radius 2 is 2.10 bits per heavy atom. The second-order valence-corrected chi connectivity index (χ2v) is 6.37. The highest BCUT2D eigenvalue weighted by Crippen LogP contribution is 2.22. The van der Waals surface area contributed by atoms with Crippen molar-refractivity contribution >= 4 is 16.0 Å². The maximum Gasteiger partial charge on any atom is 0.307 e. The van der Waals surface area contributed by atoms with Gasteiger partial charge in [-0.15, -0.1) is 0 Å². The Labute approximate surface area is 116 Å². The Balaban J connectivity index is 3.04. The average Bonchev–Trinajstić information content (AvgIpc) is 2.38. The van der Waals surface area contributed by atoms with Gasteiger partial charge in [0, 0.05) is 13.6 Å². The van der Waals surface area contributed by atoms with Crippen molar-refractivity contribution in [3.05, 3.63) is 24.0 Å². The van der Waals surface area contributed by atoms with Crippen LogP contribution in [0.15, 0.2) is 23.1 Å². The molecule has 0 fully saturated rings. The number of carbonyl (C=O) groups is 1. The molecule has 112 valence electrons. The normalized spacial score (nSPS) is 13.2. The maximum absolute atomic E-state index is 13.5. The van der Waals surface area contributed by atoms with Gasteiger partial charge in [-0.05, 0) is 18.2 Å². The predicted molar refractivity (Wildman–Crippen MR) is 69.6 cm³/mol. The van der Waals surface area contributed by atoms with Crippen LogP contribution in [-0.2, 0) is 14.8 Å². The number of halogens is 1. The highest BCUT2D eigenvalue weighted by molar-refractivity contribution is 7.89. The van der Waals surface area contributed by atoms with Crippen LogP contribution in [0.1, 0.15) is 6.92 Å². The summed E-state index contributed by atoms with van der Waals surface area (Å²) in [6, 6.07) is 3.26. The van der Waals surface area contributed by atoms with Crippen molar-refractivity contribution in [2.24, 2.45) is 5.92 Å². The average molecular weight is 305 g/mol. The van der Waals surface area contributed by atoms with Gasteiger partial charge in [-0.3, -0.25) is 4.79 Å². The Bertz CT molecular complexity index is 602. The van der Waals surface area contributed by atoms with Crippen LogP contribution >= 0.6 is 0 Å². The Kier molecular flexibility index (Phi) is 5.07. The first-order valence-electron chi connectivity index (χ1n) is 5.72. The van der Waals surface area contributed by atoms with E-state index < -0.39 is 27.7 Å². The lowest BCUT2D eigenvalue weighted by Crippen LogP contribution is -2.33. The van der Waals surface area contributed by atoms with Gasteiger partial charge in [-0.1, -0.05) is 6.92 Å². The summed E-state index contributed by atoms with van der Waals surface area (Å²) in [5.74, 6) is -2.83. The lowest BCUT2D eigenvalue weighted by Gasteiger charge is -2.19. The fourth-order valence-electron chi connectivity index (χ4n) is 1.55. The van der Waals surface area contributed by atoms with Crippen LogP contribution < -0.4 is 4.74 Å². The fourth-order valence-corrected chi connectivity index (χ4v) is 2.82. The van der Waals surface area contributed by atoms with E-state index in [2.05, 4.69) is 0 Å². The first-order valence-corrected chi connectivity index (χ1v) is 7.16. The highest BCUT2D eigenvalue weighted by Gasteiger charge is 2.25. The molecule has 0 amide bonds. The molecule has 0 aromatic heterocycles. The molecular formula is C12H16FNO5S. The molecule has 0 aliphatic rings. The summed E-state index contributed by atoms with van der Waals surface area (Å²) in [7, 11) is -1.42. The molecule has 0 spiro atoms. The van der Waals surface area contributed by atoms with Crippen molar-refractivity contribution in [3.8, 4) is 5.75 Å². The van der Waals surface area contributed by atoms with Crippen LogP contribution in [0.5, 0.6) is 5.75 Å².